The van der Waals surface area contributed by atoms with Gasteiger partial charge in [0.15, 0.2) is 0 Å². The van der Waals surface area contributed by atoms with Gasteiger partial charge in [0.25, 0.3) is 0 Å². The molecule has 0 fully saturated rings. The number of carbonyl (C=O) groups is 2. The summed E-state index contributed by atoms with van der Waals surface area (Å²) in [7, 11) is 0. The molecule has 20 heavy (non-hydrogen) atoms. The largest absolute Gasteiger partial charge is 0.396 e. The Morgan fingerprint density at radius 1 is 1.25 bits per heavy atom. The van der Waals surface area contributed by atoms with E-state index < -0.39 is 0 Å². The third kappa shape index (κ3) is 4.56. The Hall–Kier alpha value is -2.05. The summed E-state index contributed by atoms with van der Waals surface area (Å²) in [5.74, 6) is -0.0810. The number of anilines is 1. The lowest BCUT2D eigenvalue weighted by atomic mass is 10.2. The van der Waals surface area contributed by atoms with Crippen molar-refractivity contribution in [3.05, 3.63) is 11.4 Å². The van der Waals surface area contributed by atoms with Gasteiger partial charge in [0.1, 0.15) is 6.54 Å². The summed E-state index contributed by atoms with van der Waals surface area (Å²) in [6, 6.07) is 0. The van der Waals surface area contributed by atoms with Gasteiger partial charge in [0, 0.05) is 6.54 Å². The topological polar surface area (TPSA) is 102 Å². The van der Waals surface area contributed by atoms with Crippen LogP contribution >= 0.6 is 0 Å². The molecule has 1 aromatic rings. The van der Waals surface area contributed by atoms with E-state index in [9.17, 15) is 9.59 Å². The monoisotopic (exact) mass is 281 g/mol. The van der Waals surface area contributed by atoms with E-state index in [1.165, 1.54) is 4.68 Å². The molecular formula is C13H23N5O2. The van der Waals surface area contributed by atoms with Crippen LogP contribution in [0.4, 0.5) is 5.69 Å². The van der Waals surface area contributed by atoms with Crippen LogP contribution in [0.2, 0.25) is 0 Å². The van der Waals surface area contributed by atoms with Gasteiger partial charge in [-0.05, 0) is 19.8 Å². The average molecular weight is 281 g/mol. The number of hydrogen-bond donors (Lipinski definition) is 3. The van der Waals surface area contributed by atoms with E-state index in [4.69, 9.17) is 5.73 Å². The molecule has 0 atom stereocenters. The molecule has 7 nitrogen and oxygen atoms in total. The lowest BCUT2D eigenvalue weighted by molar-refractivity contribution is -0.126. The molecule has 0 unspecified atom stereocenters. The summed E-state index contributed by atoms with van der Waals surface area (Å²) < 4.78 is 1.53. The normalized spacial score (nSPS) is 10.7. The molecule has 0 aliphatic rings. The highest BCUT2D eigenvalue weighted by molar-refractivity contribution is 5.84. The summed E-state index contributed by atoms with van der Waals surface area (Å²) in [5, 5.41) is 9.45. The fourth-order valence-electron chi connectivity index (χ4n) is 1.62. The first-order valence-electron chi connectivity index (χ1n) is 6.64. The molecule has 2 amide bonds. The molecule has 7 heteroatoms. The molecular weight excluding hydrogens is 258 g/mol. The van der Waals surface area contributed by atoms with Gasteiger partial charge < -0.3 is 16.4 Å². The number of carbonyl (C=O) groups excluding carboxylic acids is 2. The third-order valence-corrected chi connectivity index (χ3v) is 2.88. The van der Waals surface area contributed by atoms with Crippen molar-refractivity contribution in [1.29, 1.82) is 0 Å². The average Bonchev–Trinajstić information content (AvgIpc) is 2.61. The van der Waals surface area contributed by atoms with Crippen molar-refractivity contribution >= 4 is 17.5 Å². The number of aromatic nitrogens is 2. The van der Waals surface area contributed by atoms with E-state index in [1.54, 1.807) is 13.8 Å². The molecule has 0 aliphatic carbocycles. The SMILES string of the molecule is Cc1nn(CC(=O)NCC(=O)NCC(C)C)c(C)c1N. The molecule has 0 saturated carbocycles. The van der Waals surface area contributed by atoms with Crippen LogP contribution in [0.1, 0.15) is 25.2 Å². The molecule has 4 N–H and O–H groups in total. The van der Waals surface area contributed by atoms with Crippen molar-refractivity contribution < 1.29 is 9.59 Å². The van der Waals surface area contributed by atoms with Crippen molar-refractivity contribution in [2.24, 2.45) is 5.92 Å². The third-order valence-electron chi connectivity index (χ3n) is 2.88. The highest BCUT2D eigenvalue weighted by Crippen LogP contribution is 2.14. The number of hydrogen-bond acceptors (Lipinski definition) is 4. The summed E-state index contributed by atoms with van der Waals surface area (Å²) in [6.07, 6.45) is 0. The van der Waals surface area contributed by atoms with Crippen LogP contribution in [0.5, 0.6) is 0 Å². The molecule has 112 valence electrons. The Morgan fingerprint density at radius 3 is 2.40 bits per heavy atom. The molecule has 1 aromatic heterocycles. The van der Waals surface area contributed by atoms with Gasteiger partial charge in [-0.3, -0.25) is 14.3 Å². The molecule has 0 aliphatic heterocycles. The van der Waals surface area contributed by atoms with E-state index in [2.05, 4.69) is 15.7 Å². The molecule has 0 radical (unpaired) electrons. The van der Waals surface area contributed by atoms with E-state index in [0.717, 1.165) is 5.69 Å². The van der Waals surface area contributed by atoms with E-state index in [1.807, 2.05) is 13.8 Å². The molecule has 0 saturated heterocycles. The molecule has 0 spiro atoms. The van der Waals surface area contributed by atoms with E-state index in [-0.39, 0.29) is 24.9 Å². The summed E-state index contributed by atoms with van der Waals surface area (Å²) in [6.45, 7) is 8.23. The minimum Gasteiger partial charge on any atom is -0.396 e. The first-order chi connectivity index (χ1) is 9.31. The fourth-order valence-corrected chi connectivity index (χ4v) is 1.62. The van der Waals surface area contributed by atoms with Crippen LogP contribution < -0.4 is 16.4 Å². The number of nitrogens with one attached hydrogen (secondary N) is 2. The summed E-state index contributed by atoms with van der Waals surface area (Å²) in [4.78, 5) is 23.2. The van der Waals surface area contributed by atoms with Gasteiger partial charge in [0.2, 0.25) is 11.8 Å². The Balaban J connectivity index is 2.40. The van der Waals surface area contributed by atoms with Gasteiger partial charge in [-0.1, -0.05) is 13.8 Å². The van der Waals surface area contributed by atoms with Gasteiger partial charge in [-0.25, -0.2) is 0 Å². The smallest absolute Gasteiger partial charge is 0.242 e. The second-order valence-electron chi connectivity index (χ2n) is 5.22. The minimum absolute atomic E-state index is 0.0274. The molecule has 1 rings (SSSR count). The maximum absolute atomic E-state index is 11.7. The van der Waals surface area contributed by atoms with Crippen molar-refractivity contribution in [2.75, 3.05) is 18.8 Å². The lowest BCUT2D eigenvalue weighted by Gasteiger charge is -2.09. The predicted molar refractivity (Wildman–Crippen MR) is 77.0 cm³/mol. The zero-order valence-electron chi connectivity index (χ0n) is 12.5. The number of rotatable bonds is 6. The standard InChI is InChI=1S/C13H23N5O2/c1-8(2)5-15-11(19)6-16-12(20)7-18-10(4)13(14)9(3)17-18/h8H,5-7,14H2,1-4H3,(H,15,19)(H,16,20). The molecule has 0 aromatic carbocycles. The quantitative estimate of drug-likeness (QED) is 0.681. The first-order valence-corrected chi connectivity index (χ1v) is 6.64. The van der Waals surface area contributed by atoms with Crippen LogP contribution in [-0.4, -0.2) is 34.7 Å². The zero-order chi connectivity index (χ0) is 15.3. The maximum atomic E-state index is 11.7. The Morgan fingerprint density at radius 2 is 1.90 bits per heavy atom. The summed E-state index contributed by atoms with van der Waals surface area (Å²) in [5.41, 5.74) is 7.83. The lowest BCUT2D eigenvalue weighted by Crippen LogP contribution is -2.39. The van der Waals surface area contributed by atoms with Crippen LogP contribution in [-0.2, 0) is 16.1 Å². The number of nitrogens with two attached hydrogens (primary N) is 1. The number of nitrogens with zero attached hydrogens (tertiary/aromatic N) is 2. The van der Waals surface area contributed by atoms with Crippen molar-refractivity contribution in [3.8, 4) is 0 Å². The van der Waals surface area contributed by atoms with Crippen LogP contribution in [0, 0.1) is 19.8 Å². The van der Waals surface area contributed by atoms with Crippen molar-refractivity contribution in [2.45, 2.75) is 34.2 Å². The van der Waals surface area contributed by atoms with Gasteiger partial charge in [-0.15, -0.1) is 0 Å². The first kappa shape index (κ1) is 16.0. The number of aryl methyl sites for hydroxylation is 1. The van der Waals surface area contributed by atoms with Crippen molar-refractivity contribution in [1.82, 2.24) is 20.4 Å². The molecule has 0 bridgehead atoms. The number of nitrogen functional groups attached to an aromatic ring is 1. The predicted octanol–water partition coefficient (Wildman–Crippen LogP) is -0.0295. The number of amides is 2. The van der Waals surface area contributed by atoms with Crippen LogP contribution in [0.15, 0.2) is 0 Å². The Labute approximate surface area is 118 Å². The minimum atomic E-state index is -0.268. The second-order valence-corrected chi connectivity index (χ2v) is 5.22. The Kier molecular flexibility index (Phi) is 5.54. The van der Waals surface area contributed by atoms with Crippen LogP contribution in [0.3, 0.4) is 0 Å². The van der Waals surface area contributed by atoms with E-state index in [0.29, 0.717) is 23.8 Å². The van der Waals surface area contributed by atoms with Gasteiger partial charge >= 0.3 is 0 Å². The zero-order valence-corrected chi connectivity index (χ0v) is 12.5. The van der Waals surface area contributed by atoms with E-state index >= 15 is 0 Å². The summed E-state index contributed by atoms with van der Waals surface area (Å²) >= 11 is 0. The van der Waals surface area contributed by atoms with Crippen LogP contribution in [0.25, 0.3) is 0 Å². The highest BCUT2D eigenvalue weighted by atomic mass is 16.2. The Bertz CT molecular complexity index is 493. The second kappa shape index (κ2) is 6.93. The highest BCUT2D eigenvalue weighted by Gasteiger charge is 2.12. The molecule has 1 heterocycles. The van der Waals surface area contributed by atoms with Crippen molar-refractivity contribution in [3.63, 3.8) is 0 Å². The fraction of sp³-hybridized carbons (Fsp3) is 0.615. The van der Waals surface area contributed by atoms with Gasteiger partial charge in [-0.2, -0.15) is 5.10 Å². The maximum Gasteiger partial charge on any atom is 0.242 e. The van der Waals surface area contributed by atoms with Gasteiger partial charge in [0.05, 0.1) is 23.6 Å².